The van der Waals surface area contributed by atoms with E-state index in [9.17, 15) is 19.6 Å². The molecular weight excluding hydrogens is 601 g/mol. The molecule has 2 fully saturated rings. The third-order valence-electron chi connectivity index (χ3n) is 8.84. The lowest BCUT2D eigenvalue weighted by Gasteiger charge is -2.37. The highest BCUT2D eigenvalue weighted by atomic mass is 31.2. The van der Waals surface area contributed by atoms with Crippen LogP contribution in [0.25, 0.3) is 5.52 Å². The van der Waals surface area contributed by atoms with Crippen molar-refractivity contribution in [1.29, 1.82) is 0 Å². The van der Waals surface area contributed by atoms with E-state index in [-0.39, 0.29) is 23.1 Å². The predicted molar refractivity (Wildman–Crippen MR) is 166 cm³/mol. The van der Waals surface area contributed by atoms with E-state index in [1.54, 1.807) is 42.5 Å². The van der Waals surface area contributed by atoms with Gasteiger partial charge in [-0.15, -0.1) is 0 Å². The highest BCUT2D eigenvalue weighted by Crippen LogP contribution is 2.48. The van der Waals surface area contributed by atoms with E-state index in [1.165, 1.54) is 24.7 Å². The number of rotatable bonds is 10. The summed E-state index contributed by atoms with van der Waals surface area (Å²) < 4.78 is 39.2. The van der Waals surface area contributed by atoms with Crippen LogP contribution in [-0.4, -0.2) is 67.3 Å². The average molecular weight is 646 g/mol. The molecule has 1 saturated heterocycles. The van der Waals surface area contributed by atoms with E-state index in [2.05, 4.69) is 35.9 Å². The fourth-order valence-corrected chi connectivity index (χ4v) is 7.61. The molecule has 246 valence electrons. The Morgan fingerprint density at radius 2 is 1.87 bits per heavy atom. The maximum Gasteiger partial charge on any atom is 0.459 e. The Balaban J connectivity index is 1.28. The zero-order valence-electron chi connectivity index (χ0n) is 26.3. The molecule has 0 spiro atoms. The monoisotopic (exact) mass is 645 g/mol. The van der Waals surface area contributed by atoms with Crippen LogP contribution in [0.15, 0.2) is 48.8 Å². The minimum Gasteiger partial charge on any atom is -0.461 e. The van der Waals surface area contributed by atoms with Crippen LogP contribution in [-0.2, 0) is 23.4 Å². The number of esters is 1. The van der Waals surface area contributed by atoms with Crippen LogP contribution < -0.4 is 15.3 Å². The number of nitrogens with two attached hydrogens (primary N) is 1. The molecule has 0 bridgehead atoms. The summed E-state index contributed by atoms with van der Waals surface area (Å²) in [5, 5.41) is 29.0. The van der Waals surface area contributed by atoms with Crippen molar-refractivity contribution in [1.82, 2.24) is 19.7 Å². The largest absolute Gasteiger partial charge is 0.461 e. The second kappa shape index (κ2) is 13.0. The van der Waals surface area contributed by atoms with Crippen LogP contribution in [0.2, 0.25) is 0 Å². The number of carbonyl (C=O) groups excluding carboxylic acids is 1. The molecule has 3 aromatic rings. The van der Waals surface area contributed by atoms with Gasteiger partial charge in [-0.3, -0.25) is 9.32 Å². The van der Waals surface area contributed by atoms with Crippen LogP contribution >= 0.6 is 7.75 Å². The maximum absolute atomic E-state index is 14.2. The maximum atomic E-state index is 14.2. The van der Waals surface area contributed by atoms with Crippen molar-refractivity contribution in [3.63, 3.8) is 0 Å². The van der Waals surface area contributed by atoms with Gasteiger partial charge in [0.15, 0.2) is 5.82 Å². The van der Waals surface area contributed by atoms with Crippen LogP contribution in [0.1, 0.15) is 72.1 Å². The molecule has 2 aliphatic rings. The first-order chi connectivity index (χ1) is 21.2. The zero-order valence-corrected chi connectivity index (χ0v) is 27.2. The smallest absolute Gasteiger partial charge is 0.459 e. The first-order valence-electron chi connectivity index (χ1n) is 15.3. The molecule has 0 amide bonds. The lowest BCUT2D eigenvalue weighted by atomic mass is 9.72. The number of hydrogen-bond donors (Lipinski definition) is 4. The molecule has 3 heterocycles. The first kappa shape index (κ1) is 33.3. The van der Waals surface area contributed by atoms with Crippen molar-refractivity contribution < 1.29 is 38.1 Å². The van der Waals surface area contributed by atoms with E-state index in [0.717, 1.165) is 25.7 Å². The number of para-hydroxylation sites is 1. The van der Waals surface area contributed by atoms with Crippen molar-refractivity contribution in [2.24, 2.45) is 11.3 Å². The molecule has 13 nitrogen and oxygen atoms in total. The van der Waals surface area contributed by atoms with Crippen LogP contribution in [0, 0.1) is 11.3 Å². The Kier molecular flexibility index (Phi) is 9.61. The van der Waals surface area contributed by atoms with E-state index in [0.29, 0.717) is 17.1 Å². The Hall–Kier alpha value is -3.06. The number of ether oxygens (including phenoxy) is 2. The number of benzene rings is 1. The Bertz CT molecular complexity index is 1520. The number of nitrogens with one attached hydrogen (secondary N) is 1. The lowest BCUT2D eigenvalue weighted by Crippen LogP contribution is -2.45. The van der Waals surface area contributed by atoms with Crippen molar-refractivity contribution in [2.75, 3.05) is 12.3 Å². The van der Waals surface area contributed by atoms with Gasteiger partial charge in [-0.05, 0) is 75.1 Å². The normalized spacial score (nSPS) is 29.3. The SMILES string of the molecule is C[C@H](N[P@](=O)(OC[C@@]1(C)O[C@@H](c2ccc3c(N)ncnn23)[C@H](O)[C@@H]1O)Oc1ccccc1)C(=O)OC1CCC(C(C)(C)C)CC1. The number of nitrogens with zero attached hydrogens (tertiary/aromatic N) is 3. The molecular formula is C31H44N5O8P. The second-order valence-electron chi connectivity index (χ2n) is 13.3. The summed E-state index contributed by atoms with van der Waals surface area (Å²) in [6, 6.07) is 10.7. The summed E-state index contributed by atoms with van der Waals surface area (Å²) in [6.07, 6.45) is 0.683. The molecule has 0 radical (unpaired) electrons. The predicted octanol–water partition coefficient (Wildman–Crippen LogP) is 4.19. The van der Waals surface area contributed by atoms with E-state index in [1.807, 2.05) is 0 Å². The summed E-state index contributed by atoms with van der Waals surface area (Å²) in [7, 11) is -4.27. The van der Waals surface area contributed by atoms with E-state index >= 15 is 0 Å². The Morgan fingerprint density at radius 1 is 1.18 bits per heavy atom. The highest BCUT2D eigenvalue weighted by molar-refractivity contribution is 7.52. The highest BCUT2D eigenvalue weighted by Gasteiger charge is 2.54. The van der Waals surface area contributed by atoms with Crippen molar-refractivity contribution in [3.05, 3.63) is 54.5 Å². The number of anilines is 1. The molecule has 45 heavy (non-hydrogen) atoms. The first-order valence-corrected chi connectivity index (χ1v) is 16.8. The average Bonchev–Trinajstić information content (AvgIpc) is 3.52. The molecule has 5 N–H and O–H groups in total. The van der Waals surface area contributed by atoms with Crippen LogP contribution in [0.5, 0.6) is 5.75 Å². The summed E-state index contributed by atoms with van der Waals surface area (Å²) in [5.41, 5.74) is 5.56. The van der Waals surface area contributed by atoms with Gasteiger partial charge >= 0.3 is 13.7 Å². The standard InChI is InChI=1S/C31H44N5O8P/c1-19(29(39)42-21-13-11-20(12-14-21)30(2,3)4)35-45(40,44-22-9-7-6-8-10-22)41-17-31(5)27(38)25(37)26(43-31)23-15-16-24-28(32)33-18-34-36(23)24/h6-10,15-16,18-21,25-27,37-38H,11-14,17H2,1-5H3,(H,35,40)(H2,32,33,34)/t19-,20?,21?,25-,26-,27-,31+,45-/m0/s1. The molecule has 5 rings (SSSR count). The van der Waals surface area contributed by atoms with Crippen molar-refractivity contribution in [2.45, 2.75) is 96.4 Å². The fourth-order valence-electron chi connectivity index (χ4n) is 6.03. The number of aliphatic hydroxyl groups excluding tert-OH is 2. The number of fused-ring (bicyclic) bond motifs is 1. The minimum absolute atomic E-state index is 0.198. The molecule has 1 aromatic carbocycles. The zero-order chi connectivity index (χ0) is 32.6. The van der Waals surface area contributed by atoms with Crippen molar-refractivity contribution >= 4 is 25.1 Å². The third-order valence-corrected chi connectivity index (χ3v) is 10.5. The van der Waals surface area contributed by atoms with Gasteiger partial charge in [0.2, 0.25) is 0 Å². The van der Waals surface area contributed by atoms with Crippen LogP contribution in [0.4, 0.5) is 5.82 Å². The summed E-state index contributed by atoms with van der Waals surface area (Å²) in [6.45, 7) is 9.28. The third kappa shape index (κ3) is 7.34. The van der Waals surface area contributed by atoms with Gasteiger partial charge in [0.05, 0.1) is 12.3 Å². The number of hydrogen-bond acceptors (Lipinski definition) is 11. The summed E-state index contributed by atoms with van der Waals surface area (Å²) in [4.78, 5) is 17.1. The van der Waals surface area contributed by atoms with Crippen molar-refractivity contribution in [3.8, 4) is 5.75 Å². The lowest BCUT2D eigenvalue weighted by molar-refractivity contribution is -0.153. The number of aliphatic hydroxyl groups is 2. The fraction of sp³-hybridized carbons (Fsp3) is 0.581. The molecule has 1 aliphatic carbocycles. The Morgan fingerprint density at radius 3 is 2.53 bits per heavy atom. The number of nitrogen functional groups attached to an aromatic ring is 1. The molecule has 14 heteroatoms. The summed E-state index contributed by atoms with van der Waals surface area (Å²) >= 11 is 0. The topological polar surface area (TPSA) is 180 Å². The van der Waals surface area contributed by atoms with Gasteiger partial charge in [0, 0.05) is 0 Å². The number of carbonyl (C=O) groups is 1. The molecule has 1 saturated carbocycles. The molecule has 6 atom stereocenters. The second-order valence-corrected chi connectivity index (χ2v) is 15.0. The number of aromatic nitrogens is 3. The summed E-state index contributed by atoms with van der Waals surface area (Å²) in [5.74, 6) is 0.467. The van der Waals surface area contributed by atoms with E-state index < -0.39 is 50.3 Å². The van der Waals surface area contributed by atoms with Gasteiger partial charge in [0.1, 0.15) is 53.7 Å². The van der Waals surface area contributed by atoms with E-state index in [4.69, 9.17) is 24.3 Å². The molecule has 0 unspecified atom stereocenters. The molecule has 2 aromatic heterocycles. The molecule has 1 aliphatic heterocycles. The van der Waals surface area contributed by atoms with Gasteiger partial charge in [-0.2, -0.15) is 10.2 Å². The van der Waals surface area contributed by atoms with Gasteiger partial charge in [-0.1, -0.05) is 39.0 Å². The van der Waals surface area contributed by atoms with Crippen LogP contribution in [0.3, 0.4) is 0 Å². The quantitative estimate of drug-likeness (QED) is 0.183. The van der Waals surface area contributed by atoms with Gasteiger partial charge in [0.25, 0.3) is 0 Å². The Labute approximate surface area is 263 Å². The van der Waals surface area contributed by atoms with Gasteiger partial charge in [-0.25, -0.2) is 14.1 Å². The van der Waals surface area contributed by atoms with Gasteiger partial charge < -0.3 is 29.9 Å². The minimum atomic E-state index is -4.27.